The highest BCUT2D eigenvalue weighted by Gasteiger charge is 2.26. The Labute approximate surface area is 165 Å². The summed E-state index contributed by atoms with van der Waals surface area (Å²) in [6.45, 7) is 2.46. The van der Waals surface area contributed by atoms with E-state index >= 15 is 0 Å². The molecule has 0 spiro atoms. The number of ether oxygens (including phenoxy) is 2. The van der Waals surface area contributed by atoms with Gasteiger partial charge in [-0.05, 0) is 56.3 Å². The molecular formula is C22H25N3O3. The highest BCUT2D eigenvalue weighted by molar-refractivity contribution is 5.77. The van der Waals surface area contributed by atoms with E-state index < -0.39 is 0 Å². The van der Waals surface area contributed by atoms with Gasteiger partial charge in [-0.2, -0.15) is 5.26 Å². The largest absolute Gasteiger partial charge is 0.496 e. The van der Waals surface area contributed by atoms with Crippen molar-refractivity contribution >= 4 is 5.91 Å². The molecule has 0 aliphatic carbocycles. The van der Waals surface area contributed by atoms with Crippen LogP contribution in [-0.4, -0.2) is 44.2 Å². The van der Waals surface area contributed by atoms with Gasteiger partial charge in [0.1, 0.15) is 11.5 Å². The molecule has 0 aromatic heterocycles. The predicted octanol–water partition coefficient (Wildman–Crippen LogP) is 2.90. The Balaban J connectivity index is 1.59. The second kappa shape index (κ2) is 9.77. The Kier molecular flexibility index (Phi) is 6.88. The first-order valence-electron chi connectivity index (χ1n) is 9.48. The third-order valence-electron chi connectivity index (χ3n) is 4.93. The molecule has 1 heterocycles. The molecule has 2 aromatic carbocycles. The van der Waals surface area contributed by atoms with Crippen LogP contribution in [0, 0.1) is 11.3 Å². The van der Waals surface area contributed by atoms with Crippen molar-refractivity contribution in [2.45, 2.75) is 18.9 Å². The Morgan fingerprint density at radius 1 is 1.18 bits per heavy atom. The van der Waals surface area contributed by atoms with Crippen LogP contribution in [0.15, 0.2) is 48.5 Å². The normalized spacial score (nSPS) is 14.9. The lowest BCUT2D eigenvalue weighted by Crippen LogP contribution is -2.38. The lowest BCUT2D eigenvalue weighted by Gasteiger charge is -2.29. The minimum absolute atomic E-state index is 0.0649. The van der Waals surface area contributed by atoms with Gasteiger partial charge in [-0.15, -0.1) is 0 Å². The molecule has 146 valence electrons. The van der Waals surface area contributed by atoms with Crippen LogP contribution in [0.5, 0.6) is 11.5 Å². The van der Waals surface area contributed by atoms with Gasteiger partial charge in [-0.1, -0.05) is 18.2 Å². The van der Waals surface area contributed by atoms with Crippen LogP contribution in [0.1, 0.15) is 30.0 Å². The van der Waals surface area contributed by atoms with E-state index in [4.69, 9.17) is 14.7 Å². The quantitative estimate of drug-likeness (QED) is 0.763. The zero-order valence-corrected chi connectivity index (χ0v) is 16.1. The van der Waals surface area contributed by atoms with Gasteiger partial charge in [0, 0.05) is 12.1 Å². The summed E-state index contributed by atoms with van der Waals surface area (Å²) in [7, 11) is 1.67. The third-order valence-corrected chi connectivity index (χ3v) is 4.93. The first-order valence-corrected chi connectivity index (χ1v) is 9.48. The number of benzene rings is 2. The molecule has 1 aliphatic rings. The smallest absolute Gasteiger partial charge is 0.258 e. The SMILES string of the molecule is COc1ccccc1C(CNC(=O)COc1ccc(C#N)cc1)N1CCCC1. The van der Waals surface area contributed by atoms with E-state index in [0.29, 0.717) is 17.9 Å². The number of para-hydroxylation sites is 1. The number of rotatable bonds is 8. The number of carbonyl (C=O) groups is 1. The highest BCUT2D eigenvalue weighted by atomic mass is 16.5. The number of hydrogen-bond acceptors (Lipinski definition) is 5. The van der Waals surface area contributed by atoms with Crippen molar-refractivity contribution in [3.8, 4) is 17.6 Å². The van der Waals surface area contributed by atoms with Gasteiger partial charge in [0.2, 0.25) is 0 Å². The minimum Gasteiger partial charge on any atom is -0.496 e. The molecule has 0 radical (unpaired) electrons. The van der Waals surface area contributed by atoms with Crippen LogP contribution in [0.2, 0.25) is 0 Å². The Bertz CT molecular complexity index is 824. The van der Waals surface area contributed by atoms with Gasteiger partial charge in [-0.3, -0.25) is 9.69 Å². The molecule has 1 amide bonds. The molecule has 6 nitrogen and oxygen atoms in total. The summed E-state index contributed by atoms with van der Waals surface area (Å²) in [6.07, 6.45) is 2.34. The molecule has 1 atom stereocenters. The van der Waals surface area contributed by atoms with E-state index in [1.54, 1.807) is 31.4 Å². The summed E-state index contributed by atoms with van der Waals surface area (Å²) in [4.78, 5) is 14.7. The van der Waals surface area contributed by atoms with E-state index in [1.807, 2.05) is 18.2 Å². The molecule has 0 bridgehead atoms. The first kappa shape index (κ1) is 19.7. The molecule has 3 rings (SSSR count). The molecule has 1 aliphatic heterocycles. The number of nitrogens with one attached hydrogen (secondary N) is 1. The lowest BCUT2D eigenvalue weighted by molar-refractivity contribution is -0.123. The van der Waals surface area contributed by atoms with E-state index in [1.165, 1.54) is 12.8 Å². The maximum absolute atomic E-state index is 12.3. The van der Waals surface area contributed by atoms with Crippen molar-refractivity contribution in [3.63, 3.8) is 0 Å². The van der Waals surface area contributed by atoms with Crippen molar-refractivity contribution in [2.24, 2.45) is 0 Å². The number of likely N-dealkylation sites (tertiary alicyclic amines) is 1. The van der Waals surface area contributed by atoms with Crippen molar-refractivity contribution < 1.29 is 14.3 Å². The van der Waals surface area contributed by atoms with E-state index in [0.717, 1.165) is 24.4 Å². The van der Waals surface area contributed by atoms with Crippen LogP contribution in [0.3, 0.4) is 0 Å². The highest BCUT2D eigenvalue weighted by Crippen LogP contribution is 2.31. The van der Waals surface area contributed by atoms with Crippen LogP contribution in [0.4, 0.5) is 0 Å². The summed E-state index contributed by atoms with van der Waals surface area (Å²) in [5, 5.41) is 11.8. The molecular weight excluding hydrogens is 354 g/mol. The average Bonchev–Trinajstić information content (AvgIpc) is 3.27. The monoisotopic (exact) mass is 379 g/mol. The van der Waals surface area contributed by atoms with Crippen molar-refractivity contribution in [1.82, 2.24) is 10.2 Å². The Morgan fingerprint density at radius 2 is 1.89 bits per heavy atom. The first-order chi connectivity index (χ1) is 13.7. The van der Waals surface area contributed by atoms with Gasteiger partial charge in [0.15, 0.2) is 6.61 Å². The van der Waals surface area contributed by atoms with Crippen LogP contribution < -0.4 is 14.8 Å². The summed E-state index contributed by atoms with van der Waals surface area (Å²) >= 11 is 0. The van der Waals surface area contributed by atoms with Gasteiger partial charge in [-0.25, -0.2) is 0 Å². The maximum atomic E-state index is 12.3. The van der Waals surface area contributed by atoms with Crippen molar-refractivity contribution in [3.05, 3.63) is 59.7 Å². The van der Waals surface area contributed by atoms with Crippen molar-refractivity contribution in [2.75, 3.05) is 33.4 Å². The number of methoxy groups -OCH3 is 1. The minimum atomic E-state index is -0.177. The number of carbonyl (C=O) groups excluding carboxylic acids is 1. The maximum Gasteiger partial charge on any atom is 0.258 e. The number of nitriles is 1. The lowest BCUT2D eigenvalue weighted by atomic mass is 10.0. The Morgan fingerprint density at radius 3 is 2.57 bits per heavy atom. The second-order valence-corrected chi connectivity index (χ2v) is 6.73. The zero-order valence-electron chi connectivity index (χ0n) is 16.1. The molecule has 1 N–H and O–H groups in total. The molecule has 28 heavy (non-hydrogen) atoms. The topological polar surface area (TPSA) is 74.6 Å². The molecule has 2 aromatic rings. The second-order valence-electron chi connectivity index (χ2n) is 6.73. The van der Waals surface area contributed by atoms with Crippen LogP contribution >= 0.6 is 0 Å². The number of nitrogens with zero attached hydrogens (tertiary/aromatic N) is 2. The fraction of sp³-hybridized carbons (Fsp3) is 0.364. The summed E-state index contributed by atoms with van der Waals surface area (Å²) in [6, 6.07) is 16.8. The predicted molar refractivity (Wildman–Crippen MR) is 106 cm³/mol. The molecule has 1 fully saturated rings. The van der Waals surface area contributed by atoms with Gasteiger partial charge < -0.3 is 14.8 Å². The summed E-state index contributed by atoms with van der Waals surface area (Å²) in [5.74, 6) is 1.22. The van der Waals surface area contributed by atoms with E-state index in [2.05, 4.69) is 22.4 Å². The van der Waals surface area contributed by atoms with Gasteiger partial charge in [0.25, 0.3) is 5.91 Å². The zero-order chi connectivity index (χ0) is 19.8. The Hall–Kier alpha value is -3.04. The van der Waals surface area contributed by atoms with E-state index in [-0.39, 0.29) is 18.6 Å². The number of amides is 1. The molecule has 1 saturated heterocycles. The molecule has 6 heteroatoms. The average molecular weight is 379 g/mol. The van der Waals surface area contributed by atoms with Gasteiger partial charge in [0.05, 0.1) is 24.8 Å². The summed E-state index contributed by atoms with van der Waals surface area (Å²) < 4.78 is 11.0. The summed E-state index contributed by atoms with van der Waals surface area (Å²) in [5.41, 5.74) is 1.64. The van der Waals surface area contributed by atoms with Crippen LogP contribution in [-0.2, 0) is 4.79 Å². The fourth-order valence-electron chi connectivity index (χ4n) is 3.47. The number of hydrogen-bond donors (Lipinski definition) is 1. The molecule has 1 unspecified atom stereocenters. The van der Waals surface area contributed by atoms with E-state index in [9.17, 15) is 4.79 Å². The fourth-order valence-corrected chi connectivity index (χ4v) is 3.47. The standard InChI is InChI=1S/C22H25N3O3/c1-27-21-7-3-2-6-19(21)20(25-12-4-5-13-25)15-24-22(26)16-28-18-10-8-17(14-23)9-11-18/h2-3,6-11,20H,4-5,12-13,15-16H2,1H3,(H,24,26). The third kappa shape index (κ3) is 5.02. The molecule has 0 saturated carbocycles. The van der Waals surface area contributed by atoms with Crippen molar-refractivity contribution in [1.29, 1.82) is 5.26 Å². The van der Waals surface area contributed by atoms with Gasteiger partial charge >= 0.3 is 0 Å². The van der Waals surface area contributed by atoms with Crippen LogP contribution in [0.25, 0.3) is 0 Å².